The van der Waals surface area contributed by atoms with E-state index in [9.17, 15) is 9.90 Å². The number of aliphatic carboxylic acids is 1. The molecule has 2 heterocycles. The predicted octanol–water partition coefficient (Wildman–Crippen LogP) is 1.82. The van der Waals surface area contributed by atoms with Gasteiger partial charge in [0.25, 0.3) is 0 Å². The van der Waals surface area contributed by atoms with Crippen LogP contribution in [-0.2, 0) is 4.79 Å². The van der Waals surface area contributed by atoms with E-state index < -0.39 is 5.97 Å². The van der Waals surface area contributed by atoms with E-state index in [1.165, 1.54) is 0 Å². The van der Waals surface area contributed by atoms with Crippen LogP contribution >= 0.6 is 23.4 Å². The second-order valence-electron chi connectivity index (χ2n) is 4.52. The van der Waals surface area contributed by atoms with Gasteiger partial charge in [0.2, 0.25) is 0 Å². The average Bonchev–Trinajstić information content (AvgIpc) is 2.97. The van der Waals surface area contributed by atoms with E-state index >= 15 is 0 Å². The zero-order valence-corrected chi connectivity index (χ0v) is 13.3. The molecule has 0 saturated carbocycles. The molecule has 116 valence electrons. The van der Waals surface area contributed by atoms with Crippen molar-refractivity contribution in [3.8, 4) is 17.1 Å². The van der Waals surface area contributed by atoms with Gasteiger partial charge in [-0.25, -0.2) is 0 Å². The molecule has 0 atom stereocenters. The fraction of sp³-hybridized carbons (Fsp3) is 0.0667. The highest BCUT2D eigenvalue weighted by Crippen LogP contribution is 2.28. The fourth-order valence-electron chi connectivity index (χ4n) is 2.02. The van der Waals surface area contributed by atoms with Crippen molar-refractivity contribution in [1.29, 1.82) is 0 Å². The number of pyridine rings is 1. The molecule has 0 aliphatic carbocycles. The maximum absolute atomic E-state index is 10.7. The summed E-state index contributed by atoms with van der Waals surface area (Å²) in [6.45, 7) is 0. The molecule has 3 rings (SSSR count). The minimum atomic E-state index is -1.17. The second-order valence-corrected chi connectivity index (χ2v) is 5.90. The molecule has 8 heteroatoms. The molecule has 23 heavy (non-hydrogen) atoms. The summed E-state index contributed by atoms with van der Waals surface area (Å²) in [5, 5.41) is 20.0. The molecule has 0 spiro atoms. The van der Waals surface area contributed by atoms with Crippen LogP contribution in [-0.4, -0.2) is 31.5 Å². The van der Waals surface area contributed by atoms with Gasteiger partial charge in [0.05, 0.1) is 11.7 Å². The maximum Gasteiger partial charge on any atom is 0.196 e. The third-order valence-electron chi connectivity index (χ3n) is 2.94. The van der Waals surface area contributed by atoms with E-state index in [1.54, 1.807) is 41.2 Å². The van der Waals surface area contributed by atoms with Gasteiger partial charge in [0.15, 0.2) is 11.0 Å². The van der Waals surface area contributed by atoms with Crippen molar-refractivity contribution in [3.05, 3.63) is 53.8 Å². The van der Waals surface area contributed by atoms with Crippen LogP contribution < -0.4 is 5.11 Å². The summed E-state index contributed by atoms with van der Waals surface area (Å²) in [7, 11) is 0. The molecule has 6 nitrogen and oxygen atoms in total. The minimum absolute atomic E-state index is 0.217. The van der Waals surface area contributed by atoms with Crippen LogP contribution in [0.1, 0.15) is 0 Å². The molecule has 1 aromatic carbocycles. The zero-order valence-electron chi connectivity index (χ0n) is 11.7. The van der Waals surface area contributed by atoms with E-state index in [0.29, 0.717) is 16.0 Å². The highest BCUT2D eigenvalue weighted by molar-refractivity contribution is 7.99. The summed E-state index contributed by atoms with van der Waals surface area (Å²) in [5.41, 5.74) is 1.50. The molecule has 0 saturated heterocycles. The van der Waals surface area contributed by atoms with Crippen LogP contribution in [0.4, 0.5) is 0 Å². The first-order valence-electron chi connectivity index (χ1n) is 6.59. The lowest BCUT2D eigenvalue weighted by Gasteiger charge is -2.10. The standard InChI is InChI=1S/C15H11ClN4O2S/c16-11-4-1-5-12(7-11)20-14(10-3-2-6-17-8-10)18-19-15(20)23-9-13(21)22/h1-8H,9H2,(H,21,22)/p-1. The summed E-state index contributed by atoms with van der Waals surface area (Å²) in [5.74, 6) is -0.828. The molecule has 0 radical (unpaired) electrons. The molecule has 0 aliphatic rings. The van der Waals surface area contributed by atoms with Crippen molar-refractivity contribution in [1.82, 2.24) is 19.7 Å². The van der Waals surface area contributed by atoms with Crippen molar-refractivity contribution < 1.29 is 9.90 Å². The smallest absolute Gasteiger partial charge is 0.196 e. The van der Waals surface area contributed by atoms with Gasteiger partial charge in [-0.15, -0.1) is 10.2 Å². The van der Waals surface area contributed by atoms with E-state index in [1.807, 2.05) is 12.1 Å². The third kappa shape index (κ3) is 3.52. The molecule has 0 aliphatic heterocycles. The van der Waals surface area contributed by atoms with Crippen LogP contribution in [0.5, 0.6) is 0 Å². The van der Waals surface area contributed by atoms with Gasteiger partial charge in [-0.1, -0.05) is 29.4 Å². The van der Waals surface area contributed by atoms with Crippen LogP contribution in [0, 0.1) is 0 Å². The Morgan fingerprint density at radius 1 is 1.26 bits per heavy atom. The van der Waals surface area contributed by atoms with Gasteiger partial charge in [0, 0.05) is 28.7 Å². The first-order valence-corrected chi connectivity index (χ1v) is 7.96. The quantitative estimate of drug-likeness (QED) is 0.656. The summed E-state index contributed by atoms with van der Waals surface area (Å²) < 4.78 is 1.75. The number of hydrogen-bond acceptors (Lipinski definition) is 6. The molecule has 0 amide bonds. The molecule has 0 N–H and O–H groups in total. The minimum Gasteiger partial charge on any atom is -0.549 e. The Morgan fingerprint density at radius 3 is 2.83 bits per heavy atom. The van der Waals surface area contributed by atoms with Gasteiger partial charge in [-0.3, -0.25) is 9.55 Å². The Morgan fingerprint density at radius 2 is 2.13 bits per heavy atom. The number of benzene rings is 1. The Labute approximate surface area is 141 Å². The largest absolute Gasteiger partial charge is 0.549 e. The van der Waals surface area contributed by atoms with Gasteiger partial charge < -0.3 is 9.90 Å². The predicted molar refractivity (Wildman–Crippen MR) is 85.3 cm³/mol. The summed E-state index contributed by atoms with van der Waals surface area (Å²) >= 11 is 7.10. The van der Waals surface area contributed by atoms with Crippen LogP contribution in [0.15, 0.2) is 53.9 Å². The summed E-state index contributed by atoms with van der Waals surface area (Å²) in [6, 6.07) is 10.8. The zero-order chi connectivity index (χ0) is 16.2. The number of aromatic nitrogens is 4. The normalized spacial score (nSPS) is 10.7. The first-order chi connectivity index (χ1) is 11.1. The number of carboxylic acid groups (broad SMARTS) is 1. The number of carboxylic acids is 1. The molecule has 3 aromatic rings. The Balaban J connectivity index is 2.12. The number of thioether (sulfide) groups is 1. The van der Waals surface area contributed by atoms with Crippen molar-refractivity contribution in [3.63, 3.8) is 0 Å². The van der Waals surface area contributed by atoms with E-state index in [0.717, 1.165) is 23.0 Å². The van der Waals surface area contributed by atoms with E-state index in [4.69, 9.17) is 11.6 Å². The molecular formula is C15H10ClN4O2S-. The van der Waals surface area contributed by atoms with Crippen molar-refractivity contribution in [2.45, 2.75) is 5.16 Å². The number of carbonyl (C=O) groups is 1. The van der Waals surface area contributed by atoms with Crippen LogP contribution in [0.2, 0.25) is 5.02 Å². The average molecular weight is 346 g/mol. The lowest BCUT2D eigenvalue weighted by molar-refractivity contribution is -0.301. The number of hydrogen-bond donors (Lipinski definition) is 0. The summed E-state index contributed by atoms with van der Waals surface area (Å²) in [6.07, 6.45) is 3.33. The highest BCUT2D eigenvalue weighted by atomic mass is 35.5. The highest BCUT2D eigenvalue weighted by Gasteiger charge is 2.16. The van der Waals surface area contributed by atoms with Crippen molar-refractivity contribution >= 4 is 29.3 Å². The van der Waals surface area contributed by atoms with E-state index in [-0.39, 0.29) is 5.75 Å². The molecule has 0 fully saturated rings. The Kier molecular flexibility index (Phi) is 4.59. The molecule has 2 aromatic heterocycles. The topological polar surface area (TPSA) is 83.7 Å². The van der Waals surface area contributed by atoms with Crippen LogP contribution in [0.25, 0.3) is 17.1 Å². The van der Waals surface area contributed by atoms with Gasteiger partial charge in [-0.2, -0.15) is 0 Å². The van der Waals surface area contributed by atoms with Gasteiger partial charge in [0.1, 0.15) is 0 Å². The van der Waals surface area contributed by atoms with Crippen LogP contribution in [0.3, 0.4) is 0 Å². The molecular weight excluding hydrogens is 336 g/mol. The first kappa shape index (κ1) is 15.5. The van der Waals surface area contributed by atoms with Gasteiger partial charge >= 0.3 is 0 Å². The number of halogens is 1. The number of carbonyl (C=O) groups excluding carboxylic acids is 1. The monoisotopic (exact) mass is 345 g/mol. The third-order valence-corrected chi connectivity index (χ3v) is 4.08. The van der Waals surface area contributed by atoms with E-state index in [2.05, 4.69) is 15.2 Å². The second kappa shape index (κ2) is 6.80. The van der Waals surface area contributed by atoms with Gasteiger partial charge in [-0.05, 0) is 30.3 Å². The Hall–Kier alpha value is -2.38. The van der Waals surface area contributed by atoms with Crippen molar-refractivity contribution in [2.24, 2.45) is 0 Å². The number of rotatable bonds is 5. The Bertz CT molecular complexity index is 839. The SMILES string of the molecule is O=C([O-])CSc1nnc(-c2cccnc2)n1-c1cccc(Cl)c1. The molecule has 0 unspecified atom stereocenters. The fourth-order valence-corrected chi connectivity index (χ4v) is 2.87. The number of nitrogens with zero attached hydrogens (tertiary/aromatic N) is 4. The van der Waals surface area contributed by atoms with Crippen molar-refractivity contribution in [2.75, 3.05) is 5.75 Å². The maximum atomic E-state index is 10.7. The lowest BCUT2D eigenvalue weighted by Crippen LogP contribution is -2.24. The lowest BCUT2D eigenvalue weighted by atomic mass is 10.2. The molecule has 0 bridgehead atoms. The summed E-state index contributed by atoms with van der Waals surface area (Å²) in [4.78, 5) is 14.8.